The number of rotatable bonds is 5. The molecule has 0 N–H and O–H groups in total. The molecular weight excluding hydrogens is 152 g/mol. The van der Waals surface area contributed by atoms with Crippen molar-refractivity contribution in [2.45, 2.75) is 26.6 Å². The van der Waals surface area contributed by atoms with Crippen LogP contribution in [-0.2, 0) is 9.47 Å². The Morgan fingerprint density at radius 2 is 1.92 bits per heavy atom. The summed E-state index contributed by atoms with van der Waals surface area (Å²) in [5.74, 6) is 0. The lowest BCUT2D eigenvalue weighted by Crippen LogP contribution is -2.14. The molecule has 0 rings (SSSR count). The quantitative estimate of drug-likeness (QED) is 0.466. The average Bonchev–Trinajstić information content (AvgIpc) is 2.12. The molecule has 0 heterocycles. The Kier molecular flexibility index (Phi) is 6.72. The Hall–Kier alpha value is -0.600. The largest absolute Gasteiger partial charge is 0.352 e. The second-order valence-corrected chi connectivity index (χ2v) is 2.40. The highest BCUT2D eigenvalue weighted by atomic mass is 16.7. The van der Waals surface area contributed by atoms with E-state index in [4.69, 9.17) is 9.47 Å². The molecule has 0 unspecified atom stereocenters. The predicted molar refractivity (Wildman–Crippen MR) is 51.0 cm³/mol. The Bertz CT molecular complexity index is 155. The second kappa shape index (κ2) is 7.07. The van der Waals surface area contributed by atoms with Crippen molar-refractivity contribution < 1.29 is 9.47 Å². The maximum Gasteiger partial charge on any atom is 0.182 e. The lowest BCUT2D eigenvalue weighted by molar-refractivity contribution is -0.0725. The molecular formula is C10H18O2. The van der Waals surface area contributed by atoms with Crippen molar-refractivity contribution in [3.05, 3.63) is 23.8 Å². The molecule has 0 bridgehead atoms. The van der Waals surface area contributed by atoms with Crippen LogP contribution < -0.4 is 0 Å². The Balaban J connectivity index is 4.23. The molecule has 0 spiro atoms. The van der Waals surface area contributed by atoms with Crippen LogP contribution >= 0.6 is 0 Å². The summed E-state index contributed by atoms with van der Waals surface area (Å²) in [5.41, 5.74) is 1.06. The summed E-state index contributed by atoms with van der Waals surface area (Å²) in [6.45, 7) is 4.07. The van der Waals surface area contributed by atoms with E-state index in [-0.39, 0.29) is 6.29 Å². The Morgan fingerprint density at radius 3 is 2.25 bits per heavy atom. The first-order valence-corrected chi connectivity index (χ1v) is 4.18. The van der Waals surface area contributed by atoms with E-state index >= 15 is 0 Å². The normalized spacial score (nSPS) is 13.2. The number of methoxy groups -OCH3 is 2. The first-order valence-electron chi connectivity index (χ1n) is 4.18. The van der Waals surface area contributed by atoms with E-state index in [1.807, 2.05) is 19.1 Å². The first-order chi connectivity index (χ1) is 5.79. The summed E-state index contributed by atoms with van der Waals surface area (Å²) >= 11 is 0. The third-order valence-electron chi connectivity index (χ3n) is 1.58. The van der Waals surface area contributed by atoms with Gasteiger partial charge >= 0.3 is 0 Å². The molecule has 12 heavy (non-hydrogen) atoms. The van der Waals surface area contributed by atoms with Crippen LogP contribution in [0.15, 0.2) is 23.8 Å². The maximum absolute atomic E-state index is 5.11. The van der Waals surface area contributed by atoms with E-state index in [0.717, 1.165) is 12.0 Å². The predicted octanol–water partition coefficient (Wildman–Crippen LogP) is 2.52. The van der Waals surface area contributed by atoms with Crippen molar-refractivity contribution >= 4 is 0 Å². The molecule has 0 amide bonds. The topological polar surface area (TPSA) is 18.5 Å². The molecule has 0 aliphatic carbocycles. The summed E-state index contributed by atoms with van der Waals surface area (Å²) in [6.07, 6.45) is 6.89. The lowest BCUT2D eigenvalue weighted by atomic mass is 10.2. The van der Waals surface area contributed by atoms with Crippen LogP contribution in [0.1, 0.15) is 20.3 Å². The van der Waals surface area contributed by atoms with Gasteiger partial charge < -0.3 is 9.47 Å². The smallest absolute Gasteiger partial charge is 0.182 e. The minimum absolute atomic E-state index is 0.238. The van der Waals surface area contributed by atoms with Crippen molar-refractivity contribution in [3.63, 3.8) is 0 Å². The van der Waals surface area contributed by atoms with Gasteiger partial charge in [-0.2, -0.15) is 0 Å². The summed E-state index contributed by atoms with van der Waals surface area (Å²) in [7, 11) is 3.27. The van der Waals surface area contributed by atoms with Gasteiger partial charge in [0, 0.05) is 19.8 Å². The third kappa shape index (κ3) is 3.69. The molecule has 0 aromatic carbocycles. The minimum atomic E-state index is -0.238. The Morgan fingerprint density at radius 1 is 1.33 bits per heavy atom. The van der Waals surface area contributed by atoms with Gasteiger partial charge in [-0.05, 0) is 13.3 Å². The van der Waals surface area contributed by atoms with Gasteiger partial charge in [-0.25, -0.2) is 0 Å². The van der Waals surface area contributed by atoms with E-state index < -0.39 is 0 Å². The molecule has 0 saturated carbocycles. The van der Waals surface area contributed by atoms with Crippen molar-refractivity contribution in [2.24, 2.45) is 0 Å². The van der Waals surface area contributed by atoms with Crippen LogP contribution in [0, 0.1) is 0 Å². The summed E-state index contributed by atoms with van der Waals surface area (Å²) in [4.78, 5) is 0. The van der Waals surface area contributed by atoms with Gasteiger partial charge in [0.2, 0.25) is 0 Å². The van der Waals surface area contributed by atoms with Gasteiger partial charge in [-0.15, -0.1) is 0 Å². The monoisotopic (exact) mass is 170 g/mol. The van der Waals surface area contributed by atoms with Crippen molar-refractivity contribution in [2.75, 3.05) is 14.2 Å². The maximum atomic E-state index is 5.11. The number of hydrogen-bond acceptors (Lipinski definition) is 2. The van der Waals surface area contributed by atoms with Gasteiger partial charge in [-0.3, -0.25) is 0 Å². The van der Waals surface area contributed by atoms with E-state index in [0.29, 0.717) is 0 Å². The second-order valence-electron chi connectivity index (χ2n) is 2.40. The summed E-state index contributed by atoms with van der Waals surface area (Å²) in [6, 6.07) is 0. The van der Waals surface area contributed by atoms with E-state index in [2.05, 4.69) is 13.0 Å². The van der Waals surface area contributed by atoms with E-state index in [1.54, 1.807) is 14.2 Å². The molecule has 0 aromatic rings. The molecule has 2 heteroatoms. The first kappa shape index (κ1) is 11.4. The molecule has 2 nitrogen and oxygen atoms in total. The van der Waals surface area contributed by atoms with E-state index in [1.165, 1.54) is 0 Å². The van der Waals surface area contributed by atoms with Crippen LogP contribution in [0.4, 0.5) is 0 Å². The number of ether oxygens (including phenoxy) is 2. The van der Waals surface area contributed by atoms with Crippen molar-refractivity contribution in [3.8, 4) is 0 Å². The number of hydrogen-bond donors (Lipinski definition) is 0. The van der Waals surface area contributed by atoms with Gasteiger partial charge in [0.1, 0.15) is 0 Å². The summed E-state index contributed by atoms with van der Waals surface area (Å²) in [5, 5.41) is 0. The van der Waals surface area contributed by atoms with Crippen LogP contribution in [0.5, 0.6) is 0 Å². The third-order valence-corrected chi connectivity index (χ3v) is 1.58. The van der Waals surface area contributed by atoms with Crippen LogP contribution in [0.25, 0.3) is 0 Å². The fraction of sp³-hybridized carbons (Fsp3) is 0.600. The highest BCUT2D eigenvalue weighted by Crippen LogP contribution is 2.08. The molecule has 70 valence electrons. The lowest BCUT2D eigenvalue weighted by Gasteiger charge is -2.13. The zero-order chi connectivity index (χ0) is 9.40. The standard InChI is InChI=1S/C10H18O2/c1-5-7-8-9(6-2)10(11-3)12-4/h6-8,10H,5H2,1-4H3/b8-7-,9-6-. The molecule has 0 radical (unpaired) electrons. The summed E-state index contributed by atoms with van der Waals surface area (Å²) < 4.78 is 10.2. The van der Waals surface area contributed by atoms with E-state index in [9.17, 15) is 0 Å². The van der Waals surface area contributed by atoms with Crippen LogP contribution in [0.3, 0.4) is 0 Å². The van der Waals surface area contributed by atoms with Gasteiger partial charge in [-0.1, -0.05) is 25.2 Å². The Labute approximate surface area is 74.9 Å². The van der Waals surface area contributed by atoms with Gasteiger partial charge in [0.05, 0.1) is 0 Å². The molecule has 0 aliphatic heterocycles. The highest BCUT2D eigenvalue weighted by Gasteiger charge is 2.07. The molecule has 0 saturated heterocycles. The average molecular weight is 170 g/mol. The number of allylic oxidation sites excluding steroid dienone is 2. The molecule has 0 atom stereocenters. The molecule has 0 aromatic heterocycles. The zero-order valence-corrected chi connectivity index (χ0v) is 8.33. The van der Waals surface area contributed by atoms with Gasteiger partial charge in [0.25, 0.3) is 0 Å². The highest BCUT2D eigenvalue weighted by molar-refractivity contribution is 5.20. The molecule has 0 fully saturated rings. The molecule has 0 aliphatic rings. The fourth-order valence-corrected chi connectivity index (χ4v) is 0.933. The van der Waals surface area contributed by atoms with Crippen molar-refractivity contribution in [1.82, 2.24) is 0 Å². The van der Waals surface area contributed by atoms with Crippen LogP contribution in [-0.4, -0.2) is 20.5 Å². The zero-order valence-electron chi connectivity index (χ0n) is 8.33. The van der Waals surface area contributed by atoms with Gasteiger partial charge in [0.15, 0.2) is 6.29 Å². The van der Waals surface area contributed by atoms with Crippen LogP contribution in [0.2, 0.25) is 0 Å². The van der Waals surface area contributed by atoms with Crippen molar-refractivity contribution in [1.29, 1.82) is 0 Å². The minimum Gasteiger partial charge on any atom is -0.352 e. The fourth-order valence-electron chi connectivity index (χ4n) is 0.933. The SMILES string of the molecule is C/C=C(/C=C\CC)C(OC)OC.